The number of carbonyl (C=O) groups is 1. The van der Waals surface area contributed by atoms with Crippen LogP contribution in [0.3, 0.4) is 0 Å². The van der Waals surface area contributed by atoms with Gasteiger partial charge in [-0.3, -0.25) is 4.79 Å². The Morgan fingerprint density at radius 2 is 1.84 bits per heavy atom. The third kappa shape index (κ3) is 4.39. The zero-order valence-electron chi connectivity index (χ0n) is 19.3. The molecule has 7 nitrogen and oxygen atoms in total. The highest BCUT2D eigenvalue weighted by atomic mass is 19.3. The van der Waals surface area contributed by atoms with Crippen molar-refractivity contribution in [2.24, 2.45) is 0 Å². The minimum atomic E-state index is -2.78. The first-order chi connectivity index (χ1) is 17.8. The fourth-order valence-electron chi connectivity index (χ4n) is 4.48. The van der Waals surface area contributed by atoms with E-state index in [9.17, 15) is 22.4 Å². The number of rotatable bonds is 6. The first-order valence-corrected chi connectivity index (χ1v) is 11.6. The number of nitrogens with one attached hydrogen (secondary N) is 1. The fourth-order valence-corrected chi connectivity index (χ4v) is 4.48. The van der Waals surface area contributed by atoms with Crippen LogP contribution in [-0.4, -0.2) is 39.6 Å². The predicted molar refractivity (Wildman–Crippen MR) is 124 cm³/mol. The summed E-state index contributed by atoms with van der Waals surface area (Å²) in [6, 6.07) is 9.51. The summed E-state index contributed by atoms with van der Waals surface area (Å²) in [5.74, 6) is -4.43. The molecule has 4 aromatic rings. The maximum absolute atomic E-state index is 14.6. The van der Waals surface area contributed by atoms with Gasteiger partial charge >= 0.3 is 0 Å². The van der Waals surface area contributed by atoms with E-state index in [2.05, 4.69) is 15.3 Å². The van der Waals surface area contributed by atoms with Gasteiger partial charge in [-0.2, -0.15) is 0 Å². The maximum Gasteiger partial charge on any atom is 0.277 e. The number of hydrogen-bond donors (Lipinski definition) is 1. The van der Waals surface area contributed by atoms with Gasteiger partial charge in [-0.05, 0) is 42.0 Å². The van der Waals surface area contributed by atoms with Crippen molar-refractivity contribution in [2.45, 2.75) is 30.7 Å². The number of anilines is 1. The summed E-state index contributed by atoms with van der Waals surface area (Å²) in [5, 5.41) is 2.48. The number of oxazole rings is 1. The van der Waals surface area contributed by atoms with E-state index in [1.54, 1.807) is 6.07 Å². The second-order valence-electron chi connectivity index (χ2n) is 9.24. The number of imidazole rings is 1. The fraction of sp³-hybridized carbons (Fsp3) is 0.269. The number of halogens is 4. The SMILES string of the molecule is O=C(Nc1ccc(C2COC2)cc1F)c1coc(-c2c(-c3ccc(F)cc3)ncn2C2CC(F)(F)C2)n1. The monoisotopic (exact) mass is 512 g/mol. The Bertz CT molecular complexity index is 1470. The predicted octanol–water partition coefficient (Wildman–Crippen LogP) is 5.82. The van der Waals surface area contributed by atoms with Crippen LogP contribution in [0.25, 0.3) is 22.8 Å². The second-order valence-corrected chi connectivity index (χ2v) is 9.24. The molecule has 11 heteroatoms. The van der Waals surface area contributed by atoms with Crippen LogP contribution in [0.1, 0.15) is 40.9 Å². The van der Waals surface area contributed by atoms with Gasteiger partial charge in [0.25, 0.3) is 11.8 Å². The van der Waals surface area contributed by atoms with E-state index < -0.39 is 29.5 Å². The molecule has 3 heterocycles. The summed E-state index contributed by atoms with van der Waals surface area (Å²) in [5.41, 5.74) is 1.77. The van der Waals surface area contributed by atoms with Crippen LogP contribution in [0.5, 0.6) is 0 Å². The van der Waals surface area contributed by atoms with Crippen LogP contribution < -0.4 is 5.32 Å². The lowest BCUT2D eigenvalue weighted by atomic mass is 9.87. The summed E-state index contributed by atoms with van der Waals surface area (Å²) < 4.78 is 67.5. The van der Waals surface area contributed by atoms with Crippen LogP contribution in [0.15, 0.2) is 59.5 Å². The van der Waals surface area contributed by atoms with Gasteiger partial charge in [0.2, 0.25) is 5.89 Å². The van der Waals surface area contributed by atoms with E-state index in [0.29, 0.717) is 24.5 Å². The molecule has 0 bridgehead atoms. The van der Waals surface area contributed by atoms with E-state index in [1.165, 1.54) is 47.3 Å². The van der Waals surface area contributed by atoms with Crippen molar-refractivity contribution in [2.75, 3.05) is 18.5 Å². The van der Waals surface area contributed by atoms with E-state index in [0.717, 1.165) is 11.8 Å². The highest BCUT2D eigenvalue weighted by molar-refractivity contribution is 6.03. The van der Waals surface area contributed by atoms with Gasteiger partial charge in [0.05, 0.1) is 25.2 Å². The van der Waals surface area contributed by atoms with Crippen molar-refractivity contribution in [3.05, 3.63) is 77.9 Å². The summed E-state index contributed by atoms with van der Waals surface area (Å²) in [4.78, 5) is 21.4. The van der Waals surface area contributed by atoms with E-state index in [1.807, 2.05) is 0 Å². The summed E-state index contributed by atoms with van der Waals surface area (Å²) >= 11 is 0. The van der Waals surface area contributed by atoms with Crippen molar-refractivity contribution < 1.29 is 31.5 Å². The molecule has 1 N–H and O–H groups in total. The number of ether oxygens (including phenoxy) is 1. The molecule has 2 aromatic heterocycles. The number of nitrogens with zero attached hydrogens (tertiary/aromatic N) is 3. The Hall–Kier alpha value is -3.99. The highest BCUT2D eigenvalue weighted by Crippen LogP contribution is 2.48. The number of aromatic nitrogens is 3. The Morgan fingerprint density at radius 1 is 1.08 bits per heavy atom. The molecule has 2 aliphatic rings. The lowest BCUT2D eigenvalue weighted by Gasteiger charge is -2.36. The minimum absolute atomic E-state index is 0.0210. The molecule has 0 atom stereocenters. The van der Waals surface area contributed by atoms with Gasteiger partial charge in [0, 0.05) is 30.4 Å². The molecule has 1 aliphatic heterocycles. The highest BCUT2D eigenvalue weighted by Gasteiger charge is 2.47. The Balaban J connectivity index is 1.29. The number of amides is 1. The van der Waals surface area contributed by atoms with Crippen LogP contribution in [0.4, 0.5) is 23.2 Å². The molecule has 1 saturated carbocycles. The molecule has 0 spiro atoms. The molecule has 1 saturated heterocycles. The molecule has 2 aromatic carbocycles. The average molecular weight is 512 g/mol. The van der Waals surface area contributed by atoms with Crippen molar-refractivity contribution in [1.29, 1.82) is 0 Å². The summed E-state index contributed by atoms with van der Waals surface area (Å²) in [7, 11) is 0. The zero-order valence-corrected chi connectivity index (χ0v) is 19.3. The van der Waals surface area contributed by atoms with Crippen molar-refractivity contribution in [3.63, 3.8) is 0 Å². The Kier molecular flexibility index (Phi) is 5.59. The number of hydrogen-bond acceptors (Lipinski definition) is 5. The van der Waals surface area contributed by atoms with Gasteiger partial charge in [-0.15, -0.1) is 0 Å². The van der Waals surface area contributed by atoms with Crippen molar-refractivity contribution in [1.82, 2.24) is 14.5 Å². The molecule has 190 valence electrons. The van der Waals surface area contributed by atoms with Crippen LogP contribution in [-0.2, 0) is 4.74 Å². The minimum Gasteiger partial charge on any atom is -0.442 e. The Labute approximate surface area is 208 Å². The number of benzene rings is 2. The van der Waals surface area contributed by atoms with Gasteiger partial charge in [0.15, 0.2) is 5.69 Å². The van der Waals surface area contributed by atoms with E-state index in [-0.39, 0.29) is 41.7 Å². The average Bonchev–Trinajstić information content (AvgIpc) is 3.46. The molecule has 6 rings (SSSR count). The normalized spacial score (nSPS) is 17.3. The third-order valence-corrected chi connectivity index (χ3v) is 6.66. The molecule has 0 unspecified atom stereocenters. The van der Waals surface area contributed by atoms with Crippen LogP contribution in [0.2, 0.25) is 0 Å². The molecule has 1 aliphatic carbocycles. The van der Waals surface area contributed by atoms with Crippen molar-refractivity contribution in [3.8, 4) is 22.8 Å². The Morgan fingerprint density at radius 3 is 2.49 bits per heavy atom. The van der Waals surface area contributed by atoms with E-state index in [4.69, 9.17) is 9.15 Å². The second kappa shape index (κ2) is 8.84. The lowest BCUT2D eigenvalue weighted by molar-refractivity contribution is -0.103. The standard InChI is InChI=1S/C26H20F4N4O3/c27-17-4-1-14(2-5-17)22-23(34(13-31-22)18-8-26(29,30)9-18)25-33-21(12-37-25)24(35)32-20-6-3-15(7-19(20)28)16-10-36-11-16/h1-7,12-13,16,18H,8-11H2,(H,32,35). The first kappa shape index (κ1) is 23.4. The quantitative estimate of drug-likeness (QED) is 0.329. The molecule has 0 radical (unpaired) electrons. The van der Waals surface area contributed by atoms with E-state index >= 15 is 0 Å². The third-order valence-electron chi connectivity index (χ3n) is 6.66. The smallest absolute Gasteiger partial charge is 0.277 e. The molecular weight excluding hydrogens is 492 g/mol. The van der Waals surface area contributed by atoms with Crippen LogP contribution >= 0.6 is 0 Å². The molecule has 1 amide bonds. The van der Waals surface area contributed by atoms with Crippen molar-refractivity contribution >= 4 is 11.6 Å². The first-order valence-electron chi connectivity index (χ1n) is 11.6. The molecule has 2 fully saturated rings. The van der Waals surface area contributed by atoms with Gasteiger partial charge in [-0.25, -0.2) is 27.5 Å². The van der Waals surface area contributed by atoms with Crippen LogP contribution in [0, 0.1) is 11.6 Å². The number of alkyl halides is 2. The molecular formula is C26H20F4N4O3. The zero-order chi connectivity index (χ0) is 25.7. The summed E-state index contributed by atoms with van der Waals surface area (Å²) in [6.45, 7) is 1.06. The summed E-state index contributed by atoms with van der Waals surface area (Å²) in [6.07, 6.45) is 1.75. The van der Waals surface area contributed by atoms with Gasteiger partial charge in [0.1, 0.15) is 29.3 Å². The van der Waals surface area contributed by atoms with Gasteiger partial charge < -0.3 is 19.0 Å². The number of carbonyl (C=O) groups excluding carboxylic acids is 1. The molecule has 37 heavy (non-hydrogen) atoms. The maximum atomic E-state index is 14.6. The lowest BCUT2D eigenvalue weighted by Crippen LogP contribution is -2.37. The largest absolute Gasteiger partial charge is 0.442 e. The topological polar surface area (TPSA) is 82.2 Å². The van der Waals surface area contributed by atoms with Gasteiger partial charge in [-0.1, -0.05) is 6.07 Å².